The van der Waals surface area contributed by atoms with Crippen LogP contribution in [0.15, 0.2) is 22.9 Å². The summed E-state index contributed by atoms with van der Waals surface area (Å²) in [6, 6.07) is 3.06. The minimum atomic E-state index is -0.333. The molecular formula is C20H29N5O3. The molecule has 0 spiro atoms. The smallest absolute Gasteiger partial charge is 0.315 e. The first kappa shape index (κ1) is 20.1. The standard InChI is InChI=1S/C20H29N5O3/c1-12(2)16(18-24-17(25-28-18)14-7-8-14)23-19(26)22-11-13-6-9-15(21-10-13)27-20(3,4)5/h6,9-10,12,14,16H,7-8,11H2,1-5H3,(H2,22,23,26). The average molecular weight is 387 g/mol. The van der Waals surface area contributed by atoms with Crippen molar-refractivity contribution in [3.63, 3.8) is 0 Å². The SMILES string of the molecule is CC(C)C(NC(=O)NCc1ccc(OC(C)(C)C)nc1)c1nc(C2CC2)no1. The van der Waals surface area contributed by atoms with Gasteiger partial charge in [-0.25, -0.2) is 9.78 Å². The van der Waals surface area contributed by atoms with Crippen LogP contribution in [0, 0.1) is 5.92 Å². The summed E-state index contributed by atoms with van der Waals surface area (Å²) in [5.41, 5.74) is 0.582. The van der Waals surface area contributed by atoms with Gasteiger partial charge in [-0.2, -0.15) is 4.98 Å². The molecule has 8 nitrogen and oxygen atoms in total. The maximum absolute atomic E-state index is 12.4. The van der Waals surface area contributed by atoms with Crippen LogP contribution in [0.2, 0.25) is 0 Å². The first-order valence-electron chi connectivity index (χ1n) is 9.73. The Hall–Kier alpha value is -2.64. The number of nitrogens with zero attached hydrogens (tertiary/aromatic N) is 3. The van der Waals surface area contributed by atoms with Gasteiger partial charge in [0.05, 0.1) is 0 Å². The van der Waals surface area contributed by atoms with Gasteiger partial charge in [-0.15, -0.1) is 0 Å². The monoisotopic (exact) mass is 387 g/mol. The van der Waals surface area contributed by atoms with Gasteiger partial charge >= 0.3 is 6.03 Å². The molecule has 1 unspecified atom stereocenters. The van der Waals surface area contributed by atoms with Crippen LogP contribution in [-0.4, -0.2) is 26.8 Å². The fraction of sp³-hybridized carbons (Fsp3) is 0.600. The Labute approximate surface area is 165 Å². The molecule has 0 bridgehead atoms. The van der Waals surface area contributed by atoms with Gasteiger partial charge in [0.15, 0.2) is 5.82 Å². The van der Waals surface area contributed by atoms with Crippen LogP contribution < -0.4 is 15.4 Å². The number of carbonyl (C=O) groups excluding carboxylic acids is 1. The molecule has 1 atom stereocenters. The lowest BCUT2D eigenvalue weighted by Gasteiger charge is -2.20. The first-order valence-corrected chi connectivity index (χ1v) is 9.73. The fourth-order valence-corrected chi connectivity index (χ4v) is 2.66. The predicted octanol–water partition coefficient (Wildman–Crippen LogP) is 3.72. The van der Waals surface area contributed by atoms with Crippen LogP contribution in [0.25, 0.3) is 0 Å². The molecule has 1 saturated carbocycles. The molecule has 0 radical (unpaired) electrons. The zero-order chi connectivity index (χ0) is 20.3. The number of amides is 2. The minimum Gasteiger partial charge on any atom is -0.472 e. The number of aromatic nitrogens is 3. The Bertz CT molecular complexity index is 791. The Morgan fingerprint density at radius 3 is 2.64 bits per heavy atom. The molecule has 1 aliphatic rings. The predicted molar refractivity (Wildman–Crippen MR) is 104 cm³/mol. The number of urea groups is 1. The molecule has 0 aromatic carbocycles. The summed E-state index contributed by atoms with van der Waals surface area (Å²) in [6.07, 6.45) is 3.90. The first-order chi connectivity index (χ1) is 13.2. The van der Waals surface area contributed by atoms with E-state index in [1.165, 1.54) is 0 Å². The highest BCUT2D eigenvalue weighted by molar-refractivity contribution is 5.74. The number of nitrogens with one attached hydrogen (secondary N) is 2. The lowest BCUT2D eigenvalue weighted by Crippen LogP contribution is -2.39. The molecule has 2 amide bonds. The third-order valence-corrected chi connectivity index (χ3v) is 4.28. The molecular weight excluding hydrogens is 358 g/mol. The number of hydrogen-bond acceptors (Lipinski definition) is 6. The molecule has 28 heavy (non-hydrogen) atoms. The normalized spacial score (nSPS) is 15.4. The molecule has 2 aromatic heterocycles. The Morgan fingerprint density at radius 2 is 2.07 bits per heavy atom. The van der Waals surface area contributed by atoms with Gasteiger partial charge in [-0.05, 0) is 45.1 Å². The van der Waals surface area contributed by atoms with E-state index < -0.39 is 0 Å². The second-order valence-corrected chi connectivity index (χ2v) is 8.53. The lowest BCUT2D eigenvalue weighted by molar-refractivity contribution is 0.124. The number of ether oxygens (including phenoxy) is 1. The van der Waals surface area contributed by atoms with Crippen LogP contribution in [0.1, 0.15) is 76.7 Å². The van der Waals surface area contributed by atoms with Gasteiger partial charge in [0.2, 0.25) is 11.8 Å². The summed E-state index contributed by atoms with van der Waals surface area (Å²) in [5, 5.41) is 9.81. The van der Waals surface area contributed by atoms with Crippen LogP contribution in [0.4, 0.5) is 4.79 Å². The highest BCUT2D eigenvalue weighted by Crippen LogP contribution is 2.38. The van der Waals surface area contributed by atoms with E-state index in [4.69, 9.17) is 9.26 Å². The highest BCUT2D eigenvalue weighted by Gasteiger charge is 2.31. The van der Waals surface area contributed by atoms with Crippen molar-refractivity contribution >= 4 is 6.03 Å². The molecule has 2 aromatic rings. The Balaban J connectivity index is 1.53. The van der Waals surface area contributed by atoms with E-state index in [1.54, 1.807) is 12.3 Å². The van der Waals surface area contributed by atoms with Crippen molar-refractivity contribution in [3.05, 3.63) is 35.6 Å². The third-order valence-electron chi connectivity index (χ3n) is 4.28. The molecule has 3 rings (SSSR count). The van der Waals surface area contributed by atoms with E-state index in [-0.39, 0.29) is 23.6 Å². The van der Waals surface area contributed by atoms with Crippen molar-refractivity contribution < 1.29 is 14.1 Å². The van der Waals surface area contributed by atoms with Crippen molar-refractivity contribution in [1.82, 2.24) is 25.8 Å². The van der Waals surface area contributed by atoms with E-state index in [1.807, 2.05) is 40.7 Å². The second-order valence-electron chi connectivity index (χ2n) is 8.53. The summed E-state index contributed by atoms with van der Waals surface area (Å²) in [5.74, 6) is 2.29. The summed E-state index contributed by atoms with van der Waals surface area (Å²) < 4.78 is 11.1. The maximum Gasteiger partial charge on any atom is 0.315 e. The molecule has 2 heterocycles. The second kappa shape index (κ2) is 8.16. The summed E-state index contributed by atoms with van der Waals surface area (Å²) in [7, 11) is 0. The topological polar surface area (TPSA) is 102 Å². The molecule has 2 N–H and O–H groups in total. The number of pyridine rings is 1. The third kappa shape index (κ3) is 5.68. The molecule has 1 fully saturated rings. The summed E-state index contributed by atoms with van der Waals surface area (Å²) in [6.45, 7) is 10.3. The van der Waals surface area contributed by atoms with Crippen molar-refractivity contribution in [2.75, 3.05) is 0 Å². The number of rotatable bonds is 7. The van der Waals surface area contributed by atoms with Crippen LogP contribution in [0.3, 0.4) is 0 Å². The lowest BCUT2D eigenvalue weighted by atomic mass is 10.0. The molecule has 8 heteroatoms. The van der Waals surface area contributed by atoms with E-state index in [0.29, 0.717) is 24.2 Å². The van der Waals surface area contributed by atoms with Crippen molar-refractivity contribution in [2.24, 2.45) is 5.92 Å². The summed E-state index contributed by atoms with van der Waals surface area (Å²) in [4.78, 5) is 21.1. The quantitative estimate of drug-likeness (QED) is 0.751. The number of hydrogen-bond donors (Lipinski definition) is 2. The molecule has 0 aliphatic heterocycles. The van der Waals surface area contributed by atoms with E-state index in [2.05, 4.69) is 25.8 Å². The van der Waals surface area contributed by atoms with Crippen molar-refractivity contribution in [2.45, 2.75) is 71.6 Å². The molecule has 1 aliphatic carbocycles. The van der Waals surface area contributed by atoms with E-state index >= 15 is 0 Å². The zero-order valence-electron chi connectivity index (χ0n) is 17.2. The maximum atomic E-state index is 12.4. The Morgan fingerprint density at radius 1 is 1.32 bits per heavy atom. The van der Waals surface area contributed by atoms with Gasteiger partial charge in [0.1, 0.15) is 11.6 Å². The minimum absolute atomic E-state index is 0.119. The van der Waals surface area contributed by atoms with Gasteiger partial charge < -0.3 is 19.9 Å². The molecule has 0 saturated heterocycles. The Kier molecular flexibility index (Phi) is 5.86. The van der Waals surface area contributed by atoms with E-state index in [9.17, 15) is 4.79 Å². The van der Waals surface area contributed by atoms with Crippen LogP contribution in [-0.2, 0) is 6.54 Å². The van der Waals surface area contributed by atoms with Gasteiger partial charge in [0, 0.05) is 24.7 Å². The summed E-state index contributed by atoms with van der Waals surface area (Å²) >= 11 is 0. The number of carbonyl (C=O) groups is 1. The van der Waals surface area contributed by atoms with Crippen molar-refractivity contribution in [1.29, 1.82) is 0 Å². The largest absolute Gasteiger partial charge is 0.472 e. The van der Waals surface area contributed by atoms with Gasteiger partial charge in [0.25, 0.3) is 0 Å². The zero-order valence-corrected chi connectivity index (χ0v) is 17.2. The van der Waals surface area contributed by atoms with Gasteiger partial charge in [-0.3, -0.25) is 0 Å². The fourth-order valence-electron chi connectivity index (χ4n) is 2.66. The van der Waals surface area contributed by atoms with Crippen molar-refractivity contribution in [3.8, 4) is 5.88 Å². The van der Waals surface area contributed by atoms with Crippen LogP contribution in [0.5, 0.6) is 5.88 Å². The molecule has 152 valence electrons. The average Bonchev–Trinajstić information content (AvgIpc) is 3.35. The van der Waals surface area contributed by atoms with E-state index in [0.717, 1.165) is 24.2 Å². The van der Waals surface area contributed by atoms with Gasteiger partial charge in [-0.1, -0.05) is 25.1 Å². The van der Waals surface area contributed by atoms with Crippen LogP contribution >= 0.6 is 0 Å². The highest BCUT2D eigenvalue weighted by atomic mass is 16.5.